The maximum Gasteiger partial charge on any atom is 0.573 e. The smallest absolute Gasteiger partial charge is 0.406 e. The number of alkyl halides is 3. The van der Waals surface area contributed by atoms with Gasteiger partial charge in [-0.15, -0.1) is 13.2 Å². The number of halogens is 4. The van der Waals surface area contributed by atoms with E-state index in [-0.39, 0.29) is 16.4 Å². The van der Waals surface area contributed by atoms with E-state index in [1.165, 1.54) is 6.92 Å². The van der Waals surface area contributed by atoms with Crippen LogP contribution in [0.15, 0.2) is 18.2 Å². The summed E-state index contributed by atoms with van der Waals surface area (Å²) in [4.78, 5) is 10.7. The van der Waals surface area contributed by atoms with Crippen LogP contribution in [-0.2, 0) is 4.79 Å². The van der Waals surface area contributed by atoms with Crippen molar-refractivity contribution >= 4 is 16.9 Å². The normalized spacial score (nSPS) is 14.6. The molecular formula is C12H12F4O4S. The Morgan fingerprint density at radius 1 is 1.38 bits per heavy atom. The summed E-state index contributed by atoms with van der Waals surface area (Å²) < 4.78 is 53.1. The molecule has 0 aliphatic rings. The molecule has 0 aromatic heterocycles. The number of thioether (sulfide) groups is 1. The van der Waals surface area contributed by atoms with Crippen molar-refractivity contribution in [2.75, 3.05) is 5.75 Å². The van der Waals surface area contributed by atoms with E-state index in [1.807, 2.05) is 0 Å². The highest BCUT2D eigenvalue weighted by Crippen LogP contribution is 2.28. The Morgan fingerprint density at radius 3 is 2.48 bits per heavy atom. The molecule has 1 aromatic rings. The first kappa shape index (κ1) is 17.7. The highest BCUT2D eigenvalue weighted by molar-refractivity contribution is 8.13. The minimum Gasteiger partial charge on any atom is -0.406 e. The lowest BCUT2D eigenvalue weighted by Gasteiger charge is -2.18. The zero-order valence-electron chi connectivity index (χ0n) is 10.7. The quantitative estimate of drug-likeness (QED) is 0.813. The van der Waals surface area contributed by atoms with Crippen molar-refractivity contribution in [3.8, 4) is 5.75 Å². The van der Waals surface area contributed by atoms with E-state index in [0.717, 1.165) is 23.9 Å². The fourth-order valence-electron chi connectivity index (χ4n) is 1.45. The van der Waals surface area contributed by atoms with Crippen LogP contribution in [0.1, 0.15) is 18.6 Å². The first-order valence-corrected chi connectivity index (χ1v) is 6.63. The summed E-state index contributed by atoms with van der Waals surface area (Å²) in [6, 6.07) is 2.15. The lowest BCUT2D eigenvalue weighted by atomic mass is 10.0. The highest BCUT2D eigenvalue weighted by Gasteiger charge is 2.31. The summed E-state index contributed by atoms with van der Waals surface area (Å²) in [5, 5.41) is 19.0. The average molecular weight is 328 g/mol. The van der Waals surface area contributed by atoms with Gasteiger partial charge in [-0.2, -0.15) is 0 Å². The molecule has 0 saturated heterocycles. The van der Waals surface area contributed by atoms with Crippen LogP contribution in [0.2, 0.25) is 0 Å². The van der Waals surface area contributed by atoms with Crippen molar-refractivity contribution in [2.24, 2.45) is 0 Å². The van der Waals surface area contributed by atoms with Crippen LogP contribution >= 0.6 is 11.8 Å². The molecule has 118 valence electrons. The standard InChI is InChI=1S/C12H12F4O4S/c1-6(17)21-5-10(18)11(19)8-3-2-7(4-9(8)13)20-12(14,15)16/h2-4,10-11,18-19H,5H2,1H3. The summed E-state index contributed by atoms with van der Waals surface area (Å²) in [5.74, 6) is -2.10. The molecule has 0 spiro atoms. The zero-order valence-corrected chi connectivity index (χ0v) is 11.5. The van der Waals surface area contributed by atoms with Gasteiger partial charge in [-0.1, -0.05) is 11.8 Å². The van der Waals surface area contributed by atoms with Gasteiger partial charge < -0.3 is 14.9 Å². The third-order valence-electron chi connectivity index (χ3n) is 2.35. The van der Waals surface area contributed by atoms with Gasteiger partial charge in [0.25, 0.3) is 0 Å². The predicted octanol–water partition coefficient (Wildman–Crippen LogP) is 2.40. The molecule has 2 atom stereocenters. The van der Waals surface area contributed by atoms with Crippen molar-refractivity contribution < 1.29 is 37.3 Å². The van der Waals surface area contributed by atoms with Crippen molar-refractivity contribution in [3.63, 3.8) is 0 Å². The summed E-state index contributed by atoms with van der Waals surface area (Å²) >= 11 is 0.734. The van der Waals surface area contributed by atoms with E-state index in [0.29, 0.717) is 6.07 Å². The number of aliphatic hydroxyl groups is 2. The van der Waals surface area contributed by atoms with Crippen LogP contribution in [0.5, 0.6) is 5.75 Å². The summed E-state index contributed by atoms with van der Waals surface area (Å²) in [7, 11) is 0. The number of hydrogen-bond donors (Lipinski definition) is 2. The first-order valence-electron chi connectivity index (χ1n) is 5.65. The van der Waals surface area contributed by atoms with Crippen LogP contribution in [0.3, 0.4) is 0 Å². The number of hydrogen-bond acceptors (Lipinski definition) is 5. The van der Waals surface area contributed by atoms with E-state index in [4.69, 9.17) is 0 Å². The number of ether oxygens (including phenoxy) is 1. The molecule has 0 aliphatic carbocycles. The minimum absolute atomic E-state index is 0.170. The number of rotatable bonds is 5. The molecule has 1 aromatic carbocycles. The Morgan fingerprint density at radius 2 is 2.00 bits per heavy atom. The van der Waals surface area contributed by atoms with Crippen LogP contribution in [-0.4, -0.2) is 33.5 Å². The number of aliphatic hydroxyl groups excluding tert-OH is 2. The van der Waals surface area contributed by atoms with Gasteiger partial charge in [0.05, 0.1) is 6.10 Å². The average Bonchev–Trinajstić information content (AvgIpc) is 2.33. The van der Waals surface area contributed by atoms with Crippen molar-refractivity contribution in [2.45, 2.75) is 25.5 Å². The maximum absolute atomic E-state index is 13.6. The molecule has 2 unspecified atom stereocenters. The van der Waals surface area contributed by atoms with E-state index < -0.39 is 30.1 Å². The fourth-order valence-corrected chi connectivity index (χ4v) is 2.03. The Bertz CT molecular complexity index is 507. The molecule has 0 aliphatic heterocycles. The summed E-state index contributed by atoms with van der Waals surface area (Å²) in [6.07, 6.45) is -8.07. The zero-order chi connectivity index (χ0) is 16.2. The summed E-state index contributed by atoms with van der Waals surface area (Å²) in [6.45, 7) is 1.26. The second-order valence-electron chi connectivity index (χ2n) is 4.05. The molecule has 0 amide bonds. The molecular weight excluding hydrogens is 316 g/mol. The van der Waals surface area contributed by atoms with Gasteiger partial charge in [-0.25, -0.2) is 4.39 Å². The first-order chi connectivity index (χ1) is 9.60. The topological polar surface area (TPSA) is 66.8 Å². The van der Waals surface area contributed by atoms with Crippen molar-refractivity contribution in [3.05, 3.63) is 29.6 Å². The van der Waals surface area contributed by atoms with Crippen LogP contribution in [0.4, 0.5) is 17.6 Å². The van der Waals surface area contributed by atoms with Crippen LogP contribution in [0.25, 0.3) is 0 Å². The molecule has 4 nitrogen and oxygen atoms in total. The fraction of sp³-hybridized carbons (Fsp3) is 0.417. The molecule has 2 N–H and O–H groups in total. The van der Waals surface area contributed by atoms with Crippen molar-refractivity contribution in [1.82, 2.24) is 0 Å². The highest BCUT2D eigenvalue weighted by atomic mass is 32.2. The van der Waals surface area contributed by atoms with E-state index in [9.17, 15) is 32.6 Å². The SMILES string of the molecule is CC(=O)SCC(O)C(O)c1ccc(OC(F)(F)F)cc1F. The van der Waals surface area contributed by atoms with E-state index >= 15 is 0 Å². The summed E-state index contributed by atoms with van der Waals surface area (Å²) in [5.41, 5.74) is -0.388. The maximum atomic E-state index is 13.6. The van der Waals surface area contributed by atoms with Gasteiger partial charge in [0.2, 0.25) is 0 Å². The minimum atomic E-state index is -4.95. The number of carbonyl (C=O) groups is 1. The van der Waals surface area contributed by atoms with E-state index in [2.05, 4.69) is 4.74 Å². The van der Waals surface area contributed by atoms with Gasteiger partial charge in [-0.3, -0.25) is 4.79 Å². The van der Waals surface area contributed by atoms with Gasteiger partial charge in [0.15, 0.2) is 5.12 Å². The molecule has 21 heavy (non-hydrogen) atoms. The van der Waals surface area contributed by atoms with E-state index in [1.54, 1.807) is 0 Å². The lowest BCUT2D eigenvalue weighted by Crippen LogP contribution is -2.22. The van der Waals surface area contributed by atoms with Crippen LogP contribution in [0, 0.1) is 5.82 Å². The number of benzene rings is 1. The Balaban J connectivity index is 2.81. The van der Waals surface area contributed by atoms with Gasteiger partial charge in [-0.05, 0) is 12.1 Å². The van der Waals surface area contributed by atoms with Crippen molar-refractivity contribution in [1.29, 1.82) is 0 Å². The Kier molecular flexibility index (Phi) is 5.99. The second kappa shape index (κ2) is 7.10. The third kappa shape index (κ3) is 5.90. The number of carbonyl (C=O) groups excluding carboxylic acids is 1. The molecule has 0 saturated carbocycles. The molecule has 9 heteroatoms. The van der Waals surface area contributed by atoms with Crippen LogP contribution < -0.4 is 4.74 Å². The lowest BCUT2D eigenvalue weighted by molar-refractivity contribution is -0.274. The second-order valence-corrected chi connectivity index (χ2v) is 5.24. The predicted molar refractivity (Wildman–Crippen MR) is 67.2 cm³/mol. The Hall–Kier alpha value is -1.32. The monoisotopic (exact) mass is 328 g/mol. The molecule has 0 heterocycles. The molecule has 0 fully saturated rings. The molecule has 1 rings (SSSR count). The van der Waals surface area contributed by atoms with Gasteiger partial charge in [0, 0.05) is 24.3 Å². The van der Waals surface area contributed by atoms with Gasteiger partial charge in [0.1, 0.15) is 17.7 Å². The molecule has 0 radical (unpaired) electrons. The Labute approximate surface area is 121 Å². The largest absolute Gasteiger partial charge is 0.573 e. The third-order valence-corrected chi connectivity index (χ3v) is 3.26. The van der Waals surface area contributed by atoms with Gasteiger partial charge >= 0.3 is 6.36 Å². The molecule has 0 bridgehead atoms.